The molecule has 0 aliphatic carbocycles. The zero-order chi connectivity index (χ0) is 40.3. The maximum absolute atomic E-state index is 14.9. The quantitative estimate of drug-likeness (QED) is 0.192. The number of likely N-dealkylation sites (tertiary alicyclic amines) is 2. The Morgan fingerprint density at radius 3 is 1.56 bits per heavy atom. The van der Waals surface area contributed by atoms with Crippen LogP contribution in [-0.4, -0.2) is 165 Å². The van der Waals surface area contributed by atoms with Crippen molar-refractivity contribution in [2.24, 2.45) is 0 Å². The summed E-state index contributed by atoms with van der Waals surface area (Å²) in [7, 11) is 0. The molecule has 59 heavy (non-hydrogen) atoms. The molecule has 6 aliphatic heterocycles. The van der Waals surface area contributed by atoms with Gasteiger partial charge in [0.1, 0.15) is 0 Å². The molecule has 4 amide bonds. The number of hydrogen-bond acceptors (Lipinski definition) is 10. The second kappa shape index (κ2) is 18.3. The number of hydrogen-bond donors (Lipinski definition) is 0. The summed E-state index contributed by atoms with van der Waals surface area (Å²) in [6, 6.07) is 12.1. The van der Waals surface area contributed by atoms with Gasteiger partial charge in [-0.1, -0.05) is 30.7 Å². The fraction of sp³-hybridized carbons (Fsp3) is 0.574. The topological polar surface area (TPSA) is 106 Å². The average molecular weight is 805 g/mol. The molecular formula is C47H60N6O6. The van der Waals surface area contributed by atoms with Crippen LogP contribution in [0.2, 0.25) is 0 Å². The molecule has 3 aromatic rings. The number of piperidine rings is 1. The van der Waals surface area contributed by atoms with Gasteiger partial charge < -0.3 is 14.4 Å². The normalized spacial score (nSPS) is 21.1. The number of benzene rings is 3. The van der Waals surface area contributed by atoms with E-state index in [0.717, 1.165) is 96.1 Å². The van der Waals surface area contributed by atoms with Crippen molar-refractivity contribution in [1.29, 1.82) is 0 Å². The molecule has 12 heteroatoms. The molecule has 314 valence electrons. The highest BCUT2D eigenvalue weighted by Crippen LogP contribution is 2.44. The van der Waals surface area contributed by atoms with Crippen LogP contribution in [0.1, 0.15) is 104 Å². The van der Waals surface area contributed by atoms with Crippen LogP contribution >= 0.6 is 0 Å². The second-order valence-corrected chi connectivity index (χ2v) is 17.4. The molecule has 0 saturated carbocycles. The van der Waals surface area contributed by atoms with Crippen molar-refractivity contribution in [2.75, 3.05) is 112 Å². The van der Waals surface area contributed by atoms with Crippen LogP contribution in [0, 0.1) is 0 Å². The van der Waals surface area contributed by atoms with Crippen molar-refractivity contribution in [3.8, 4) is 11.1 Å². The first-order valence-corrected chi connectivity index (χ1v) is 22.5. The smallest absolute Gasteiger partial charge is 0.262 e. The van der Waals surface area contributed by atoms with Crippen molar-refractivity contribution in [1.82, 2.24) is 29.4 Å². The number of ether oxygens (including phenoxy) is 2. The minimum atomic E-state index is -0.357. The maximum Gasteiger partial charge on any atom is 0.262 e. The van der Waals surface area contributed by atoms with Crippen LogP contribution in [0.3, 0.4) is 0 Å². The summed E-state index contributed by atoms with van der Waals surface area (Å²) in [6.45, 7) is 14.3. The number of imide groups is 2. The molecule has 12 nitrogen and oxygen atoms in total. The van der Waals surface area contributed by atoms with Gasteiger partial charge in [-0.15, -0.1) is 0 Å². The summed E-state index contributed by atoms with van der Waals surface area (Å²) < 4.78 is 11.1. The van der Waals surface area contributed by atoms with Crippen LogP contribution in [0.5, 0.6) is 0 Å². The third-order valence-electron chi connectivity index (χ3n) is 13.5. The first-order chi connectivity index (χ1) is 28.9. The van der Waals surface area contributed by atoms with Gasteiger partial charge in [0.05, 0.1) is 37.6 Å². The number of nitrogens with zero attached hydrogens (tertiary/aromatic N) is 6. The van der Waals surface area contributed by atoms with Gasteiger partial charge in [-0.2, -0.15) is 0 Å². The molecular weight excluding hydrogens is 745 g/mol. The van der Waals surface area contributed by atoms with E-state index < -0.39 is 0 Å². The molecule has 6 heterocycles. The molecule has 0 bridgehead atoms. The predicted octanol–water partition coefficient (Wildman–Crippen LogP) is 5.16. The largest absolute Gasteiger partial charge is 0.379 e. The van der Waals surface area contributed by atoms with Crippen molar-refractivity contribution in [3.05, 3.63) is 69.8 Å². The molecule has 0 unspecified atom stereocenters. The van der Waals surface area contributed by atoms with Gasteiger partial charge in [0.2, 0.25) is 0 Å². The van der Waals surface area contributed by atoms with E-state index in [2.05, 4.69) is 43.9 Å². The molecule has 4 saturated heterocycles. The fourth-order valence-corrected chi connectivity index (χ4v) is 10.3. The van der Waals surface area contributed by atoms with Gasteiger partial charge in [0, 0.05) is 80.8 Å². The first-order valence-electron chi connectivity index (χ1n) is 22.5. The highest BCUT2D eigenvalue weighted by Gasteiger charge is 2.42. The Morgan fingerprint density at radius 2 is 0.949 bits per heavy atom. The summed E-state index contributed by atoms with van der Waals surface area (Å²) in [6.07, 6.45) is 8.84. The van der Waals surface area contributed by atoms with E-state index >= 15 is 0 Å². The van der Waals surface area contributed by atoms with E-state index in [1.165, 1.54) is 47.5 Å². The Balaban J connectivity index is 1.12. The van der Waals surface area contributed by atoms with E-state index in [-0.39, 0.29) is 30.2 Å². The average Bonchev–Trinajstić information content (AvgIpc) is 3.79. The zero-order valence-electron chi connectivity index (χ0n) is 34.7. The van der Waals surface area contributed by atoms with E-state index in [9.17, 15) is 19.2 Å². The standard InChI is InChI=1S/C47H60N6O6/c54-44-38-31-36(9-6-18-48-14-4-5-15-48)40-41-39(45(55)52(46(40)56)21-7-19-49-23-27-58-28-24-49)32-37(35-12-10-34(11-13-35)33-51-16-2-1-3-17-51)43(42(38)41)47(57)53(44)22-8-20-50-25-29-59-30-26-50/h10-13,31-32H,1-9,14-30,33H2. The third-order valence-corrected chi connectivity index (χ3v) is 13.5. The summed E-state index contributed by atoms with van der Waals surface area (Å²) in [5.74, 6) is -1.37. The first kappa shape index (κ1) is 40.4. The molecule has 9 rings (SSSR count). The Morgan fingerprint density at radius 1 is 0.458 bits per heavy atom. The van der Waals surface area contributed by atoms with E-state index in [0.29, 0.717) is 90.8 Å². The highest BCUT2D eigenvalue weighted by molar-refractivity contribution is 6.35. The van der Waals surface area contributed by atoms with E-state index in [1.807, 2.05) is 12.1 Å². The van der Waals surface area contributed by atoms with Gasteiger partial charge in [0.25, 0.3) is 23.6 Å². The summed E-state index contributed by atoms with van der Waals surface area (Å²) >= 11 is 0. The number of amides is 4. The summed E-state index contributed by atoms with van der Waals surface area (Å²) in [4.78, 5) is 71.7. The summed E-state index contributed by atoms with van der Waals surface area (Å²) in [5.41, 5.74) is 5.18. The Hall–Kier alpha value is -4.04. The van der Waals surface area contributed by atoms with Crippen LogP contribution < -0.4 is 0 Å². The van der Waals surface area contributed by atoms with E-state index in [4.69, 9.17) is 9.47 Å². The number of aryl methyl sites for hydroxylation is 1. The third kappa shape index (κ3) is 8.49. The molecule has 3 aromatic carbocycles. The van der Waals surface area contributed by atoms with Crippen molar-refractivity contribution in [2.45, 2.75) is 64.3 Å². The number of rotatable bonds is 15. The zero-order valence-corrected chi connectivity index (χ0v) is 34.7. The van der Waals surface area contributed by atoms with Crippen LogP contribution in [0.25, 0.3) is 21.9 Å². The monoisotopic (exact) mass is 804 g/mol. The molecule has 0 spiro atoms. The SMILES string of the molecule is O=C1c2cc(-c3ccc(CN4CCCCC4)cc3)c3c4c(cc(CCCN5CCCC5)c(c24)C(=O)N1CCCN1CCOCC1)C(=O)N(CCCN1CCOCC1)C3=O. The maximum atomic E-state index is 14.9. The van der Waals surface area contributed by atoms with Gasteiger partial charge in [0.15, 0.2) is 0 Å². The molecule has 0 N–H and O–H groups in total. The molecule has 0 atom stereocenters. The van der Waals surface area contributed by atoms with Crippen LogP contribution in [-0.2, 0) is 22.4 Å². The van der Waals surface area contributed by atoms with Crippen molar-refractivity contribution < 1.29 is 28.7 Å². The molecule has 4 fully saturated rings. The van der Waals surface area contributed by atoms with Gasteiger partial charge >= 0.3 is 0 Å². The van der Waals surface area contributed by atoms with Crippen molar-refractivity contribution in [3.63, 3.8) is 0 Å². The van der Waals surface area contributed by atoms with Gasteiger partial charge in [-0.05, 0) is 118 Å². The number of carbonyl (C=O) groups excluding carboxylic acids is 4. The minimum Gasteiger partial charge on any atom is -0.379 e. The van der Waals surface area contributed by atoms with Gasteiger partial charge in [-0.25, -0.2) is 0 Å². The fourth-order valence-electron chi connectivity index (χ4n) is 10.3. The number of morpholine rings is 2. The predicted molar refractivity (Wildman–Crippen MR) is 227 cm³/mol. The molecule has 0 radical (unpaired) electrons. The van der Waals surface area contributed by atoms with E-state index in [1.54, 1.807) is 0 Å². The lowest BCUT2D eigenvalue weighted by Crippen LogP contribution is -2.46. The second-order valence-electron chi connectivity index (χ2n) is 17.4. The lowest BCUT2D eigenvalue weighted by Gasteiger charge is -2.35. The Bertz CT molecular complexity index is 2050. The molecule has 0 aromatic heterocycles. The Labute approximate surface area is 348 Å². The lowest BCUT2D eigenvalue weighted by atomic mass is 9.79. The van der Waals surface area contributed by atoms with Crippen LogP contribution in [0.15, 0.2) is 36.4 Å². The highest BCUT2D eigenvalue weighted by atomic mass is 16.5. The van der Waals surface area contributed by atoms with Crippen LogP contribution in [0.4, 0.5) is 0 Å². The van der Waals surface area contributed by atoms with Crippen molar-refractivity contribution >= 4 is 34.4 Å². The molecule has 6 aliphatic rings. The summed E-state index contributed by atoms with van der Waals surface area (Å²) in [5, 5.41) is 0.940. The van der Waals surface area contributed by atoms with Gasteiger partial charge in [-0.3, -0.25) is 43.7 Å². The Kier molecular flexibility index (Phi) is 12.5. The minimum absolute atomic E-state index is 0.284. The number of carbonyl (C=O) groups is 4. The lowest BCUT2D eigenvalue weighted by molar-refractivity contribution is 0.0351.